The lowest BCUT2D eigenvalue weighted by Gasteiger charge is -2.29. The Morgan fingerprint density at radius 1 is 1.37 bits per heavy atom. The molecule has 1 rings (SSSR count). The first-order valence-corrected chi connectivity index (χ1v) is 7.79. The molecule has 0 aliphatic carbocycles. The van der Waals surface area contributed by atoms with Gasteiger partial charge in [0.1, 0.15) is 0 Å². The third-order valence-electron chi connectivity index (χ3n) is 4.33. The highest BCUT2D eigenvalue weighted by molar-refractivity contribution is 5.76. The normalized spacial score (nSPS) is 23.1. The van der Waals surface area contributed by atoms with E-state index in [-0.39, 0.29) is 11.9 Å². The molecule has 112 valence electrons. The van der Waals surface area contributed by atoms with Gasteiger partial charge in [-0.1, -0.05) is 13.8 Å². The number of rotatable bonds is 6. The number of nitrogens with two attached hydrogens (primary N) is 1. The van der Waals surface area contributed by atoms with Crippen molar-refractivity contribution in [1.29, 1.82) is 0 Å². The molecule has 4 nitrogen and oxygen atoms in total. The van der Waals surface area contributed by atoms with Crippen molar-refractivity contribution >= 4 is 5.91 Å². The Balaban J connectivity index is 2.49. The van der Waals surface area contributed by atoms with Gasteiger partial charge in [-0.3, -0.25) is 9.69 Å². The van der Waals surface area contributed by atoms with Gasteiger partial charge in [-0.25, -0.2) is 0 Å². The average molecular weight is 269 g/mol. The van der Waals surface area contributed by atoms with Crippen LogP contribution in [0.3, 0.4) is 0 Å². The van der Waals surface area contributed by atoms with Gasteiger partial charge in [0.15, 0.2) is 0 Å². The standard InChI is InChI=1S/C15H31N3O/c1-4-17-15(19)10-14(11-16)18-8-5-6-13(7-9-18)12(2)3/h12-14H,4-11,16H2,1-3H3,(H,17,19). The van der Waals surface area contributed by atoms with Crippen LogP contribution in [0.1, 0.15) is 46.5 Å². The first-order chi connectivity index (χ1) is 9.08. The Labute approximate surface area is 118 Å². The molecule has 0 bridgehead atoms. The third kappa shape index (κ3) is 5.49. The van der Waals surface area contributed by atoms with Crippen molar-refractivity contribution in [2.75, 3.05) is 26.2 Å². The lowest BCUT2D eigenvalue weighted by Crippen LogP contribution is -2.44. The SMILES string of the molecule is CCNC(=O)CC(CN)N1CCCC(C(C)C)CC1. The number of nitrogens with zero attached hydrogens (tertiary/aromatic N) is 1. The average Bonchev–Trinajstić information content (AvgIpc) is 2.62. The molecule has 19 heavy (non-hydrogen) atoms. The molecular formula is C15H31N3O. The number of likely N-dealkylation sites (tertiary alicyclic amines) is 1. The summed E-state index contributed by atoms with van der Waals surface area (Å²) in [5.41, 5.74) is 5.87. The summed E-state index contributed by atoms with van der Waals surface area (Å²) in [6.45, 7) is 10.0. The summed E-state index contributed by atoms with van der Waals surface area (Å²) in [4.78, 5) is 14.1. The zero-order valence-corrected chi connectivity index (χ0v) is 12.8. The predicted octanol–water partition coefficient (Wildman–Crippen LogP) is 1.60. The van der Waals surface area contributed by atoms with E-state index in [0.29, 0.717) is 19.5 Å². The zero-order valence-electron chi connectivity index (χ0n) is 12.8. The first-order valence-electron chi connectivity index (χ1n) is 7.79. The van der Waals surface area contributed by atoms with Crippen LogP contribution >= 0.6 is 0 Å². The minimum Gasteiger partial charge on any atom is -0.356 e. The fourth-order valence-corrected chi connectivity index (χ4v) is 3.02. The Hall–Kier alpha value is -0.610. The Kier molecular flexibility index (Phi) is 7.39. The number of hydrogen-bond acceptors (Lipinski definition) is 3. The summed E-state index contributed by atoms with van der Waals surface area (Å²) < 4.78 is 0. The van der Waals surface area contributed by atoms with E-state index in [0.717, 1.165) is 24.9 Å². The molecule has 0 spiro atoms. The Morgan fingerprint density at radius 3 is 2.68 bits per heavy atom. The van der Waals surface area contributed by atoms with E-state index < -0.39 is 0 Å². The van der Waals surface area contributed by atoms with E-state index >= 15 is 0 Å². The maximum atomic E-state index is 11.7. The van der Waals surface area contributed by atoms with Crippen LogP contribution in [-0.4, -0.2) is 43.0 Å². The highest BCUT2D eigenvalue weighted by Gasteiger charge is 2.25. The minimum atomic E-state index is 0.127. The molecule has 0 saturated carbocycles. The van der Waals surface area contributed by atoms with Crippen molar-refractivity contribution < 1.29 is 4.79 Å². The van der Waals surface area contributed by atoms with Gasteiger partial charge in [-0.05, 0) is 51.1 Å². The Morgan fingerprint density at radius 2 is 2.11 bits per heavy atom. The molecule has 0 aromatic carbocycles. The van der Waals surface area contributed by atoms with Gasteiger partial charge in [0.2, 0.25) is 5.91 Å². The van der Waals surface area contributed by atoms with Gasteiger partial charge in [-0.15, -0.1) is 0 Å². The van der Waals surface area contributed by atoms with Crippen LogP contribution in [0, 0.1) is 11.8 Å². The summed E-state index contributed by atoms with van der Waals surface area (Å²) >= 11 is 0. The highest BCUT2D eigenvalue weighted by atomic mass is 16.1. The zero-order chi connectivity index (χ0) is 14.3. The van der Waals surface area contributed by atoms with Crippen LogP contribution in [0.5, 0.6) is 0 Å². The second kappa shape index (κ2) is 8.54. The van der Waals surface area contributed by atoms with Crippen LogP contribution in [0.4, 0.5) is 0 Å². The van der Waals surface area contributed by atoms with Crippen LogP contribution in [0.25, 0.3) is 0 Å². The number of nitrogens with one attached hydrogen (secondary N) is 1. The van der Waals surface area contributed by atoms with Gasteiger partial charge in [-0.2, -0.15) is 0 Å². The third-order valence-corrected chi connectivity index (χ3v) is 4.33. The van der Waals surface area contributed by atoms with Crippen molar-refractivity contribution in [3.8, 4) is 0 Å². The lowest BCUT2D eigenvalue weighted by atomic mass is 9.89. The van der Waals surface area contributed by atoms with Crippen LogP contribution in [0.15, 0.2) is 0 Å². The van der Waals surface area contributed by atoms with Crippen LogP contribution in [0.2, 0.25) is 0 Å². The molecule has 0 aromatic rings. The molecule has 3 N–H and O–H groups in total. The summed E-state index contributed by atoms with van der Waals surface area (Å²) in [5, 5.41) is 2.87. The maximum absolute atomic E-state index is 11.7. The van der Waals surface area contributed by atoms with Gasteiger partial charge < -0.3 is 11.1 Å². The van der Waals surface area contributed by atoms with Gasteiger partial charge >= 0.3 is 0 Å². The number of amides is 1. The second-order valence-corrected chi connectivity index (χ2v) is 6.02. The summed E-state index contributed by atoms with van der Waals surface area (Å²) in [5.74, 6) is 1.72. The van der Waals surface area contributed by atoms with Gasteiger partial charge in [0.25, 0.3) is 0 Å². The van der Waals surface area contributed by atoms with Gasteiger partial charge in [0.05, 0.1) is 0 Å². The lowest BCUT2D eigenvalue weighted by molar-refractivity contribution is -0.122. The van der Waals surface area contributed by atoms with E-state index in [1.54, 1.807) is 0 Å². The molecule has 1 aliphatic heterocycles. The van der Waals surface area contributed by atoms with Crippen LogP contribution in [-0.2, 0) is 4.79 Å². The molecular weight excluding hydrogens is 238 g/mol. The van der Waals surface area contributed by atoms with Crippen molar-refractivity contribution in [2.45, 2.75) is 52.5 Å². The fraction of sp³-hybridized carbons (Fsp3) is 0.933. The number of hydrogen-bond donors (Lipinski definition) is 2. The quantitative estimate of drug-likeness (QED) is 0.770. The van der Waals surface area contributed by atoms with Crippen LogP contribution < -0.4 is 11.1 Å². The van der Waals surface area contributed by atoms with Crippen molar-refractivity contribution in [1.82, 2.24) is 10.2 Å². The first kappa shape index (κ1) is 16.4. The molecule has 0 radical (unpaired) electrons. The van der Waals surface area contributed by atoms with E-state index in [1.165, 1.54) is 19.3 Å². The van der Waals surface area contributed by atoms with Gasteiger partial charge in [0, 0.05) is 25.6 Å². The van der Waals surface area contributed by atoms with Crippen molar-refractivity contribution in [3.05, 3.63) is 0 Å². The van der Waals surface area contributed by atoms with E-state index in [9.17, 15) is 4.79 Å². The predicted molar refractivity (Wildman–Crippen MR) is 79.9 cm³/mol. The van der Waals surface area contributed by atoms with E-state index in [2.05, 4.69) is 24.1 Å². The monoisotopic (exact) mass is 269 g/mol. The molecule has 2 atom stereocenters. The largest absolute Gasteiger partial charge is 0.356 e. The summed E-state index contributed by atoms with van der Waals surface area (Å²) in [7, 11) is 0. The van der Waals surface area contributed by atoms with Crippen molar-refractivity contribution in [2.24, 2.45) is 17.6 Å². The Bertz CT molecular complexity index is 268. The molecule has 1 heterocycles. The number of carbonyl (C=O) groups excluding carboxylic acids is 1. The molecule has 0 aromatic heterocycles. The fourth-order valence-electron chi connectivity index (χ4n) is 3.02. The van der Waals surface area contributed by atoms with E-state index in [1.807, 2.05) is 6.92 Å². The second-order valence-electron chi connectivity index (χ2n) is 6.02. The summed E-state index contributed by atoms with van der Waals surface area (Å²) in [6.07, 6.45) is 4.32. The number of carbonyl (C=O) groups is 1. The minimum absolute atomic E-state index is 0.127. The molecule has 1 saturated heterocycles. The molecule has 1 aliphatic rings. The topological polar surface area (TPSA) is 58.4 Å². The molecule has 1 amide bonds. The smallest absolute Gasteiger partial charge is 0.221 e. The molecule has 1 fully saturated rings. The highest BCUT2D eigenvalue weighted by Crippen LogP contribution is 2.25. The molecule has 2 unspecified atom stereocenters. The molecule has 4 heteroatoms. The maximum Gasteiger partial charge on any atom is 0.221 e. The van der Waals surface area contributed by atoms with E-state index in [4.69, 9.17) is 5.73 Å². The van der Waals surface area contributed by atoms with Crippen molar-refractivity contribution in [3.63, 3.8) is 0 Å². The summed E-state index contributed by atoms with van der Waals surface area (Å²) in [6, 6.07) is 0.206.